The molecule has 0 aliphatic carbocycles. The first-order valence-corrected chi connectivity index (χ1v) is 7.28. The quantitative estimate of drug-likeness (QED) is 0.841. The molecule has 5 nitrogen and oxygen atoms in total. The monoisotopic (exact) mass is 264 g/mol. The Balaban J connectivity index is 1.77. The summed E-state index contributed by atoms with van der Waals surface area (Å²) < 4.78 is 1.81. The number of amides is 1. The molecule has 2 heterocycles. The Hall–Kier alpha value is -1.36. The van der Waals surface area contributed by atoms with Crippen molar-refractivity contribution in [3.63, 3.8) is 0 Å². The second-order valence-electron chi connectivity index (χ2n) is 5.10. The van der Waals surface area contributed by atoms with Crippen LogP contribution < -0.4 is 5.32 Å². The topological polar surface area (TPSA) is 50.2 Å². The van der Waals surface area contributed by atoms with Crippen LogP contribution in [0.15, 0.2) is 18.5 Å². The van der Waals surface area contributed by atoms with E-state index in [1.165, 1.54) is 19.3 Å². The Morgan fingerprint density at radius 1 is 1.53 bits per heavy atom. The third kappa shape index (κ3) is 4.35. The highest BCUT2D eigenvalue weighted by atomic mass is 16.2. The van der Waals surface area contributed by atoms with Gasteiger partial charge in [0.2, 0.25) is 5.91 Å². The lowest BCUT2D eigenvalue weighted by Crippen LogP contribution is -2.45. The number of aryl methyl sites for hydroxylation is 1. The van der Waals surface area contributed by atoms with Crippen molar-refractivity contribution in [3.05, 3.63) is 18.5 Å². The molecule has 0 saturated carbocycles. The number of likely N-dealkylation sites (N-methyl/N-ethyl adjacent to an activating group) is 1. The van der Waals surface area contributed by atoms with Crippen LogP contribution in [0.1, 0.15) is 32.6 Å². The van der Waals surface area contributed by atoms with Gasteiger partial charge in [-0.2, -0.15) is 5.10 Å². The van der Waals surface area contributed by atoms with E-state index in [0.29, 0.717) is 19.0 Å². The Labute approximate surface area is 115 Å². The van der Waals surface area contributed by atoms with Crippen LogP contribution in [-0.4, -0.2) is 46.3 Å². The van der Waals surface area contributed by atoms with Gasteiger partial charge in [-0.1, -0.05) is 6.42 Å². The van der Waals surface area contributed by atoms with Crippen LogP contribution in [0.3, 0.4) is 0 Å². The Morgan fingerprint density at radius 3 is 3.05 bits per heavy atom. The molecular weight excluding hydrogens is 240 g/mol. The Bertz CT molecular complexity index is 371. The van der Waals surface area contributed by atoms with Crippen LogP contribution in [-0.2, 0) is 11.3 Å². The molecule has 1 N–H and O–H groups in total. The standard InChI is InChI=1S/C14H24N4O/c1-2-17(12-13-6-3-4-8-15-13)14(19)7-11-18-10-5-9-16-18/h5,9-10,13,15H,2-4,6-8,11-12H2,1H3. The molecule has 1 atom stereocenters. The number of piperidine rings is 1. The predicted octanol–water partition coefficient (Wildman–Crippen LogP) is 1.26. The van der Waals surface area contributed by atoms with Gasteiger partial charge in [-0.25, -0.2) is 0 Å². The summed E-state index contributed by atoms with van der Waals surface area (Å²) in [5.41, 5.74) is 0. The van der Waals surface area contributed by atoms with Gasteiger partial charge in [-0.05, 0) is 32.4 Å². The van der Waals surface area contributed by atoms with E-state index < -0.39 is 0 Å². The second kappa shape index (κ2) is 7.28. The van der Waals surface area contributed by atoms with E-state index in [0.717, 1.165) is 19.6 Å². The fraction of sp³-hybridized carbons (Fsp3) is 0.714. The van der Waals surface area contributed by atoms with E-state index >= 15 is 0 Å². The summed E-state index contributed by atoms with van der Waals surface area (Å²) in [4.78, 5) is 14.2. The number of hydrogen-bond acceptors (Lipinski definition) is 3. The summed E-state index contributed by atoms with van der Waals surface area (Å²) in [7, 11) is 0. The molecule has 1 saturated heterocycles. The van der Waals surface area contributed by atoms with Crippen LogP contribution >= 0.6 is 0 Å². The lowest BCUT2D eigenvalue weighted by molar-refractivity contribution is -0.131. The highest BCUT2D eigenvalue weighted by molar-refractivity contribution is 5.76. The van der Waals surface area contributed by atoms with E-state index in [1.807, 2.05) is 21.8 Å². The molecule has 1 amide bonds. The molecule has 0 radical (unpaired) electrons. The van der Waals surface area contributed by atoms with E-state index in [2.05, 4.69) is 17.3 Å². The molecule has 1 aromatic heterocycles. The van der Waals surface area contributed by atoms with Gasteiger partial charge < -0.3 is 10.2 Å². The minimum Gasteiger partial charge on any atom is -0.341 e. The summed E-state index contributed by atoms with van der Waals surface area (Å²) in [5, 5.41) is 7.62. The van der Waals surface area contributed by atoms with E-state index in [9.17, 15) is 4.79 Å². The van der Waals surface area contributed by atoms with Crippen molar-refractivity contribution in [2.24, 2.45) is 0 Å². The third-order valence-electron chi connectivity index (χ3n) is 3.70. The van der Waals surface area contributed by atoms with Gasteiger partial charge in [-0.15, -0.1) is 0 Å². The zero-order chi connectivity index (χ0) is 13.5. The normalized spacial score (nSPS) is 19.3. The first kappa shape index (κ1) is 14.1. The molecule has 0 bridgehead atoms. The Morgan fingerprint density at radius 2 is 2.42 bits per heavy atom. The molecule has 1 aromatic rings. The van der Waals surface area contributed by atoms with Gasteiger partial charge in [0.25, 0.3) is 0 Å². The molecule has 1 unspecified atom stereocenters. The molecule has 1 fully saturated rings. The number of nitrogens with zero attached hydrogens (tertiary/aromatic N) is 3. The van der Waals surface area contributed by atoms with Crippen molar-refractivity contribution >= 4 is 5.91 Å². The van der Waals surface area contributed by atoms with Crippen molar-refractivity contribution in [2.75, 3.05) is 19.6 Å². The van der Waals surface area contributed by atoms with Crippen molar-refractivity contribution in [1.82, 2.24) is 20.0 Å². The summed E-state index contributed by atoms with van der Waals surface area (Å²) in [5.74, 6) is 0.227. The lowest BCUT2D eigenvalue weighted by atomic mass is 10.0. The highest BCUT2D eigenvalue weighted by Gasteiger charge is 2.19. The van der Waals surface area contributed by atoms with Gasteiger partial charge in [0.1, 0.15) is 0 Å². The number of nitrogens with one attached hydrogen (secondary N) is 1. The molecule has 2 rings (SSSR count). The maximum Gasteiger partial charge on any atom is 0.224 e. The van der Waals surface area contributed by atoms with E-state index in [-0.39, 0.29) is 5.91 Å². The van der Waals surface area contributed by atoms with Crippen molar-refractivity contribution < 1.29 is 4.79 Å². The first-order chi connectivity index (χ1) is 9.29. The zero-order valence-corrected chi connectivity index (χ0v) is 11.7. The minimum atomic E-state index is 0.227. The fourth-order valence-corrected chi connectivity index (χ4v) is 2.55. The maximum atomic E-state index is 12.2. The van der Waals surface area contributed by atoms with Crippen LogP contribution in [0.25, 0.3) is 0 Å². The summed E-state index contributed by atoms with van der Waals surface area (Å²) in [6.07, 6.45) is 7.89. The average molecular weight is 264 g/mol. The van der Waals surface area contributed by atoms with Crippen LogP contribution in [0.4, 0.5) is 0 Å². The van der Waals surface area contributed by atoms with Gasteiger partial charge in [0.15, 0.2) is 0 Å². The Kier molecular flexibility index (Phi) is 5.39. The molecule has 106 valence electrons. The molecule has 5 heteroatoms. The maximum absolute atomic E-state index is 12.2. The van der Waals surface area contributed by atoms with E-state index in [4.69, 9.17) is 0 Å². The highest BCUT2D eigenvalue weighted by Crippen LogP contribution is 2.09. The SMILES string of the molecule is CCN(CC1CCCCN1)C(=O)CCn1cccn1. The lowest BCUT2D eigenvalue weighted by Gasteiger charge is -2.30. The molecule has 1 aliphatic rings. The summed E-state index contributed by atoms with van der Waals surface area (Å²) in [6.45, 7) is 5.43. The minimum absolute atomic E-state index is 0.227. The number of aromatic nitrogens is 2. The second-order valence-corrected chi connectivity index (χ2v) is 5.10. The molecule has 1 aliphatic heterocycles. The summed E-state index contributed by atoms with van der Waals surface area (Å²) in [6, 6.07) is 2.36. The first-order valence-electron chi connectivity index (χ1n) is 7.28. The van der Waals surface area contributed by atoms with Gasteiger partial charge in [0, 0.05) is 44.5 Å². The number of carbonyl (C=O) groups is 1. The smallest absolute Gasteiger partial charge is 0.224 e. The predicted molar refractivity (Wildman–Crippen MR) is 74.7 cm³/mol. The number of carbonyl (C=O) groups excluding carboxylic acids is 1. The molecule has 19 heavy (non-hydrogen) atoms. The van der Waals surface area contributed by atoms with Crippen molar-refractivity contribution in [3.8, 4) is 0 Å². The molecule has 0 spiro atoms. The van der Waals surface area contributed by atoms with Crippen LogP contribution in [0.2, 0.25) is 0 Å². The third-order valence-corrected chi connectivity index (χ3v) is 3.70. The zero-order valence-electron chi connectivity index (χ0n) is 11.7. The molecule has 0 aromatic carbocycles. The summed E-state index contributed by atoms with van der Waals surface area (Å²) >= 11 is 0. The largest absolute Gasteiger partial charge is 0.341 e. The number of hydrogen-bond donors (Lipinski definition) is 1. The van der Waals surface area contributed by atoms with E-state index in [1.54, 1.807) is 6.20 Å². The van der Waals surface area contributed by atoms with Gasteiger partial charge >= 0.3 is 0 Å². The fourth-order valence-electron chi connectivity index (χ4n) is 2.55. The van der Waals surface area contributed by atoms with Crippen LogP contribution in [0.5, 0.6) is 0 Å². The van der Waals surface area contributed by atoms with Crippen molar-refractivity contribution in [2.45, 2.75) is 45.2 Å². The van der Waals surface area contributed by atoms with Crippen LogP contribution in [0, 0.1) is 0 Å². The molecular formula is C14H24N4O. The van der Waals surface area contributed by atoms with Gasteiger partial charge in [0.05, 0.1) is 0 Å². The van der Waals surface area contributed by atoms with Gasteiger partial charge in [-0.3, -0.25) is 9.48 Å². The van der Waals surface area contributed by atoms with Crippen molar-refractivity contribution in [1.29, 1.82) is 0 Å². The average Bonchev–Trinajstić information content (AvgIpc) is 2.96. The number of rotatable bonds is 6.